The first-order valence-corrected chi connectivity index (χ1v) is 5.59. The molecule has 1 aromatic heterocycles. The first kappa shape index (κ1) is 10.7. The smallest absolute Gasteiger partial charge is 0.290 e. The van der Waals surface area contributed by atoms with Crippen LogP contribution in [0.5, 0.6) is 11.5 Å². The number of rotatable bonds is 1. The van der Waals surface area contributed by atoms with Crippen LogP contribution in [0, 0.1) is 0 Å². The van der Waals surface area contributed by atoms with Crippen LogP contribution >= 0.6 is 0 Å². The van der Waals surface area contributed by atoms with Gasteiger partial charge in [-0.15, -0.1) is 0 Å². The Hall–Kier alpha value is -2.49. The zero-order valence-corrected chi connectivity index (χ0v) is 9.46. The van der Waals surface area contributed by atoms with Gasteiger partial charge in [0.15, 0.2) is 5.75 Å². The summed E-state index contributed by atoms with van der Waals surface area (Å²) in [5.41, 5.74) is 1.42. The third-order valence-electron chi connectivity index (χ3n) is 2.86. The lowest BCUT2D eigenvalue weighted by atomic mass is 10.0. The maximum absolute atomic E-state index is 11.6. The SMILES string of the molecule is O=c1[nH]ccc2c1OC(c1ccc(O)cc1)C=C2. The molecule has 2 heterocycles. The number of aromatic nitrogens is 1. The largest absolute Gasteiger partial charge is 0.508 e. The average molecular weight is 241 g/mol. The summed E-state index contributed by atoms with van der Waals surface area (Å²) in [6, 6.07) is 8.52. The first-order valence-electron chi connectivity index (χ1n) is 5.59. The van der Waals surface area contributed by atoms with Crippen LogP contribution < -0.4 is 10.3 Å². The predicted molar refractivity (Wildman–Crippen MR) is 67.6 cm³/mol. The van der Waals surface area contributed by atoms with Crippen LogP contribution in [0.1, 0.15) is 17.2 Å². The number of fused-ring (bicyclic) bond motifs is 1. The molecule has 0 spiro atoms. The van der Waals surface area contributed by atoms with E-state index in [-0.39, 0.29) is 17.4 Å². The number of aromatic hydroxyl groups is 1. The molecular formula is C14H11NO3. The minimum absolute atomic E-state index is 0.205. The van der Waals surface area contributed by atoms with E-state index in [0.29, 0.717) is 5.75 Å². The van der Waals surface area contributed by atoms with Gasteiger partial charge in [-0.2, -0.15) is 0 Å². The van der Waals surface area contributed by atoms with Crippen LogP contribution in [0.4, 0.5) is 0 Å². The minimum Gasteiger partial charge on any atom is -0.508 e. The predicted octanol–water partition coefficient (Wildman–Crippen LogP) is 2.23. The number of aromatic amines is 1. The van der Waals surface area contributed by atoms with Crippen molar-refractivity contribution in [2.45, 2.75) is 6.10 Å². The van der Waals surface area contributed by atoms with E-state index in [2.05, 4.69) is 4.98 Å². The Bertz CT molecular complexity index is 655. The molecule has 1 aliphatic rings. The summed E-state index contributed by atoms with van der Waals surface area (Å²) < 4.78 is 5.68. The Balaban J connectivity index is 1.98. The Morgan fingerprint density at radius 2 is 1.94 bits per heavy atom. The van der Waals surface area contributed by atoms with E-state index in [9.17, 15) is 9.90 Å². The fourth-order valence-corrected chi connectivity index (χ4v) is 1.93. The van der Waals surface area contributed by atoms with Crippen molar-refractivity contribution in [3.8, 4) is 11.5 Å². The van der Waals surface area contributed by atoms with Gasteiger partial charge in [0.1, 0.15) is 11.9 Å². The molecule has 2 N–H and O–H groups in total. The third kappa shape index (κ3) is 1.78. The van der Waals surface area contributed by atoms with Gasteiger partial charge in [-0.3, -0.25) is 4.79 Å². The highest BCUT2D eigenvalue weighted by molar-refractivity contribution is 5.59. The van der Waals surface area contributed by atoms with E-state index >= 15 is 0 Å². The first-order chi connectivity index (χ1) is 8.74. The van der Waals surface area contributed by atoms with Crippen molar-refractivity contribution >= 4 is 6.08 Å². The molecule has 0 saturated heterocycles. The molecule has 4 heteroatoms. The van der Waals surface area contributed by atoms with Gasteiger partial charge in [0, 0.05) is 11.8 Å². The van der Waals surface area contributed by atoms with Crippen LogP contribution in [0.25, 0.3) is 6.08 Å². The van der Waals surface area contributed by atoms with Crippen LogP contribution in [0.15, 0.2) is 47.4 Å². The molecule has 4 nitrogen and oxygen atoms in total. The van der Waals surface area contributed by atoms with Crippen LogP contribution in [-0.4, -0.2) is 10.1 Å². The minimum atomic E-state index is -0.304. The Kier molecular flexibility index (Phi) is 2.41. The highest BCUT2D eigenvalue weighted by Gasteiger charge is 2.18. The zero-order valence-electron chi connectivity index (χ0n) is 9.46. The molecule has 1 unspecified atom stereocenters. The lowest BCUT2D eigenvalue weighted by molar-refractivity contribution is 0.248. The molecular weight excluding hydrogens is 230 g/mol. The molecule has 0 bridgehead atoms. The normalized spacial score (nSPS) is 17.0. The quantitative estimate of drug-likeness (QED) is 0.804. The summed E-state index contributed by atoms with van der Waals surface area (Å²) in [5.74, 6) is 0.537. The van der Waals surface area contributed by atoms with Gasteiger partial charge in [-0.25, -0.2) is 0 Å². The molecule has 0 saturated carbocycles. The molecule has 0 fully saturated rings. The lowest BCUT2D eigenvalue weighted by Crippen LogP contribution is -2.17. The average Bonchev–Trinajstić information content (AvgIpc) is 2.40. The molecule has 3 rings (SSSR count). The number of phenolic OH excluding ortho intramolecular Hbond substituents is 1. The Labute approximate surface area is 103 Å². The van der Waals surface area contributed by atoms with Crippen LogP contribution in [0.2, 0.25) is 0 Å². The molecule has 0 aliphatic carbocycles. The fourth-order valence-electron chi connectivity index (χ4n) is 1.93. The van der Waals surface area contributed by atoms with Crippen molar-refractivity contribution in [2.24, 2.45) is 0 Å². The summed E-state index contributed by atoms with van der Waals surface area (Å²) in [6.07, 6.45) is 5.04. The van der Waals surface area contributed by atoms with Crippen molar-refractivity contribution in [1.82, 2.24) is 4.98 Å². The van der Waals surface area contributed by atoms with Gasteiger partial charge >= 0.3 is 0 Å². The number of H-pyrrole nitrogens is 1. The molecule has 0 radical (unpaired) electrons. The van der Waals surface area contributed by atoms with E-state index in [1.807, 2.05) is 12.2 Å². The molecule has 18 heavy (non-hydrogen) atoms. The topological polar surface area (TPSA) is 62.3 Å². The Morgan fingerprint density at radius 1 is 1.17 bits per heavy atom. The van der Waals surface area contributed by atoms with E-state index in [4.69, 9.17) is 4.74 Å². The number of benzene rings is 1. The maximum atomic E-state index is 11.6. The van der Waals surface area contributed by atoms with Crippen molar-refractivity contribution < 1.29 is 9.84 Å². The second-order valence-electron chi connectivity index (χ2n) is 4.08. The Morgan fingerprint density at radius 3 is 2.72 bits per heavy atom. The number of nitrogens with one attached hydrogen (secondary N) is 1. The van der Waals surface area contributed by atoms with E-state index in [0.717, 1.165) is 11.1 Å². The number of hydrogen-bond donors (Lipinski definition) is 2. The molecule has 0 amide bonds. The number of hydrogen-bond acceptors (Lipinski definition) is 3. The summed E-state index contributed by atoms with van der Waals surface area (Å²) in [6.45, 7) is 0. The maximum Gasteiger partial charge on any atom is 0.290 e. The summed E-state index contributed by atoms with van der Waals surface area (Å²) in [7, 11) is 0. The van der Waals surface area contributed by atoms with E-state index in [1.165, 1.54) is 0 Å². The second kappa shape index (κ2) is 4.07. The zero-order chi connectivity index (χ0) is 12.5. The van der Waals surface area contributed by atoms with Gasteiger partial charge in [0.05, 0.1) is 0 Å². The summed E-state index contributed by atoms with van der Waals surface area (Å²) in [4.78, 5) is 14.2. The van der Waals surface area contributed by atoms with Gasteiger partial charge in [-0.05, 0) is 29.8 Å². The highest BCUT2D eigenvalue weighted by atomic mass is 16.5. The second-order valence-corrected chi connectivity index (χ2v) is 4.08. The van der Waals surface area contributed by atoms with Crippen molar-refractivity contribution in [2.75, 3.05) is 0 Å². The number of pyridine rings is 1. The monoisotopic (exact) mass is 241 g/mol. The van der Waals surface area contributed by atoms with Crippen LogP contribution in [0.3, 0.4) is 0 Å². The molecule has 1 aromatic carbocycles. The number of phenols is 1. The summed E-state index contributed by atoms with van der Waals surface area (Å²) in [5, 5.41) is 9.24. The molecule has 1 aliphatic heterocycles. The molecule has 90 valence electrons. The third-order valence-corrected chi connectivity index (χ3v) is 2.86. The van der Waals surface area contributed by atoms with Crippen molar-refractivity contribution in [1.29, 1.82) is 0 Å². The van der Waals surface area contributed by atoms with E-state index in [1.54, 1.807) is 36.5 Å². The van der Waals surface area contributed by atoms with Gasteiger partial charge < -0.3 is 14.8 Å². The summed E-state index contributed by atoms with van der Waals surface area (Å²) >= 11 is 0. The highest BCUT2D eigenvalue weighted by Crippen LogP contribution is 2.30. The molecule has 1 atom stereocenters. The van der Waals surface area contributed by atoms with Gasteiger partial charge in [-0.1, -0.05) is 18.2 Å². The van der Waals surface area contributed by atoms with Gasteiger partial charge in [0.2, 0.25) is 0 Å². The van der Waals surface area contributed by atoms with E-state index < -0.39 is 0 Å². The van der Waals surface area contributed by atoms with Crippen molar-refractivity contribution in [3.05, 3.63) is 64.1 Å². The lowest BCUT2D eigenvalue weighted by Gasteiger charge is -2.20. The van der Waals surface area contributed by atoms with Gasteiger partial charge in [0.25, 0.3) is 5.56 Å². The standard InChI is InChI=1S/C14H11NO3/c16-11-4-1-9(2-5-11)12-6-3-10-7-8-15-14(17)13(10)18-12/h1-8,12,16H,(H,15,17). The fraction of sp³-hybridized carbons (Fsp3) is 0.0714. The number of ether oxygens (including phenoxy) is 1. The van der Waals surface area contributed by atoms with Crippen molar-refractivity contribution in [3.63, 3.8) is 0 Å². The molecule has 2 aromatic rings. The van der Waals surface area contributed by atoms with Crippen LogP contribution in [-0.2, 0) is 0 Å².